The standard InChI is InChI=1S/C16H17NO4S2/c1-11(13-4-2-8-22-13)17-15(19)10-21-16(20)7-6-12(18)14-5-3-9-23-14/h2-5,8-9,11H,6-7,10H2,1H3,(H,17,19)/t11-/m1/s1. The molecular formula is C16H17NO4S2. The largest absolute Gasteiger partial charge is 0.456 e. The number of rotatable bonds is 8. The summed E-state index contributed by atoms with van der Waals surface area (Å²) >= 11 is 2.89. The van der Waals surface area contributed by atoms with Gasteiger partial charge < -0.3 is 10.1 Å². The third-order valence-corrected chi connectivity index (χ3v) is 5.03. The lowest BCUT2D eigenvalue weighted by atomic mass is 10.2. The summed E-state index contributed by atoms with van der Waals surface area (Å²) in [6, 6.07) is 7.22. The number of carbonyl (C=O) groups excluding carboxylic acids is 3. The van der Waals surface area contributed by atoms with Gasteiger partial charge in [-0.3, -0.25) is 14.4 Å². The molecule has 0 aliphatic carbocycles. The van der Waals surface area contributed by atoms with E-state index in [9.17, 15) is 14.4 Å². The fourth-order valence-electron chi connectivity index (χ4n) is 1.89. The lowest BCUT2D eigenvalue weighted by Gasteiger charge is -2.12. The van der Waals surface area contributed by atoms with Crippen LogP contribution in [0, 0.1) is 0 Å². The second-order valence-corrected chi connectivity index (χ2v) is 6.79. The van der Waals surface area contributed by atoms with Gasteiger partial charge in [-0.25, -0.2) is 0 Å². The molecule has 0 radical (unpaired) electrons. The minimum atomic E-state index is -0.547. The molecular weight excluding hydrogens is 334 g/mol. The topological polar surface area (TPSA) is 72.5 Å². The molecule has 1 amide bonds. The van der Waals surface area contributed by atoms with Crippen molar-refractivity contribution in [2.24, 2.45) is 0 Å². The predicted octanol–water partition coefficient (Wildman–Crippen LogP) is 3.19. The van der Waals surface area contributed by atoms with Gasteiger partial charge in [-0.1, -0.05) is 12.1 Å². The van der Waals surface area contributed by atoms with Gasteiger partial charge in [-0.2, -0.15) is 0 Å². The predicted molar refractivity (Wildman–Crippen MR) is 89.7 cm³/mol. The van der Waals surface area contributed by atoms with Crippen molar-refractivity contribution in [2.45, 2.75) is 25.8 Å². The van der Waals surface area contributed by atoms with Gasteiger partial charge in [-0.15, -0.1) is 22.7 Å². The summed E-state index contributed by atoms with van der Waals surface area (Å²) in [4.78, 5) is 36.7. The molecule has 7 heteroatoms. The van der Waals surface area contributed by atoms with Crippen molar-refractivity contribution in [2.75, 3.05) is 6.61 Å². The van der Waals surface area contributed by atoms with Gasteiger partial charge in [0.1, 0.15) is 0 Å². The number of hydrogen-bond acceptors (Lipinski definition) is 6. The Morgan fingerprint density at radius 2 is 1.87 bits per heavy atom. The van der Waals surface area contributed by atoms with Crippen LogP contribution in [0.15, 0.2) is 35.0 Å². The highest BCUT2D eigenvalue weighted by Gasteiger charge is 2.14. The van der Waals surface area contributed by atoms with E-state index in [4.69, 9.17) is 4.74 Å². The van der Waals surface area contributed by atoms with Crippen LogP contribution in [0.25, 0.3) is 0 Å². The van der Waals surface area contributed by atoms with E-state index in [0.717, 1.165) is 4.88 Å². The Bertz CT molecular complexity index is 650. The van der Waals surface area contributed by atoms with E-state index in [-0.39, 0.29) is 37.2 Å². The minimum absolute atomic E-state index is 0.0233. The van der Waals surface area contributed by atoms with E-state index in [2.05, 4.69) is 5.32 Å². The number of thiophene rings is 2. The van der Waals surface area contributed by atoms with Crippen molar-refractivity contribution in [1.29, 1.82) is 0 Å². The minimum Gasteiger partial charge on any atom is -0.456 e. The van der Waals surface area contributed by atoms with E-state index in [1.807, 2.05) is 29.8 Å². The van der Waals surface area contributed by atoms with Crippen LogP contribution in [-0.2, 0) is 14.3 Å². The van der Waals surface area contributed by atoms with Crippen LogP contribution in [0.5, 0.6) is 0 Å². The molecule has 0 aliphatic heterocycles. The molecule has 0 aromatic carbocycles. The average Bonchev–Trinajstić information content (AvgIpc) is 3.23. The van der Waals surface area contributed by atoms with Crippen molar-refractivity contribution in [3.63, 3.8) is 0 Å². The van der Waals surface area contributed by atoms with Crippen molar-refractivity contribution < 1.29 is 19.1 Å². The monoisotopic (exact) mass is 351 g/mol. The fraction of sp³-hybridized carbons (Fsp3) is 0.312. The normalized spacial score (nSPS) is 11.7. The van der Waals surface area contributed by atoms with Crippen LogP contribution < -0.4 is 5.32 Å². The Morgan fingerprint density at radius 3 is 2.52 bits per heavy atom. The highest BCUT2D eigenvalue weighted by atomic mass is 32.1. The Labute approximate surface area is 142 Å². The molecule has 23 heavy (non-hydrogen) atoms. The quantitative estimate of drug-likeness (QED) is 0.585. The first-order valence-electron chi connectivity index (χ1n) is 7.11. The van der Waals surface area contributed by atoms with E-state index in [1.54, 1.807) is 23.5 Å². The second-order valence-electron chi connectivity index (χ2n) is 4.87. The molecule has 0 bridgehead atoms. The Kier molecular flexibility index (Phi) is 6.49. The Morgan fingerprint density at radius 1 is 1.13 bits per heavy atom. The number of Topliss-reactive ketones (excluding diaryl/α,β-unsaturated/α-hetero) is 1. The fourth-order valence-corrected chi connectivity index (χ4v) is 3.31. The zero-order valence-electron chi connectivity index (χ0n) is 12.6. The van der Waals surface area contributed by atoms with Gasteiger partial charge in [-0.05, 0) is 29.8 Å². The van der Waals surface area contributed by atoms with Crippen molar-refractivity contribution in [3.05, 3.63) is 44.8 Å². The second kappa shape index (κ2) is 8.59. The number of hydrogen-bond donors (Lipinski definition) is 1. The van der Waals surface area contributed by atoms with Crippen LogP contribution in [0.3, 0.4) is 0 Å². The van der Waals surface area contributed by atoms with Gasteiger partial charge in [0.2, 0.25) is 0 Å². The van der Waals surface area contributed by atoms with E-state index in [1.165, 1.54) is 11.3 Å². The van der Waals surface area contributed by atoms with Crippen LogP contribution in [0.2, 0.25) is 0 Å². The van der Waals surface area contributed by atoms with Crippen LogP contribution in [-0.4, -0.2) is 24.3 Å². The first-order valence-corrected chi connectivity index (χ1v) is 8.87. The number of esters is 1. The summed E-state index contributed by atoms with van der Waals surface area (Å²) in [7, 11) is 0. The summed E-state index contributed by atoms with van der Waals surface area (Å²) in [5.41, 5.74) is 0. The molecule has 2 aromatic rings. The maximum atomic E-state index is 11.7. The molecule has 122 valence electrons. The third kappa shape index (κ3) is 5.61. The molecule has 0 spiro atoms. The smallest absolute Gasteiger partial charge is 0.306 e. The zero-order valence-corrected chi connectivity index (χ0v) is 14.2. The summed E-state index contributed by atoms with van der Waals surface area (Å²) in [6.07, 6.45) is 0.0665. The SMILES string of the molecule is C[C@@H](NC(=O)COC(=O)CCC(=O)c1cccs1)c1cccs1. The summed E-state index contributed by atoms with van der Waals surface area (Å²) < 4.78 is 4.89. The zero-order chi connectivity index (χ0) is 16.7. The van der Waals surface area contributed by atoms with E-state index >= 15 is 0 Å². The van der Waals surface area contributed by atoms with Crippen LogP contribution in [0.4, 0.5) is 0 Å². The highest BCUT2D eigenvalue weighted by Crippen LogP contribution is 2.17. The molecule has 1 N–H and O–H groups in total. The van der Waals surface area contributed by atoms with Gasteiger partial charge >= 0.3 is 5.97 Å². The van der Waals surface area contributed by atoms with E-state index in [0.29, 0.717) is 4.88 Å². The van der Waals surface area contributed by atoms with Gasteiger partial charge in [0.15, 0.2) is 12.4 Å². The van der Waals surface area contributed by atoms with Crippen molar-refractivity contribution in [3.8, 4) is 0 Å². The molecule has 0 saturated carbocycles. The third-order valence-electron chi connectivity index (χ3n) is 3.06. The summed E-state index contributed by atoms with van der Waals surface area (Å²) in [5.74, 6) is -0.995. The van der Waals surface area contributed by atoms with E-state index < -0.39 is 5.97 Å². The van der Waals surface area contributed by atoms with Crippen LogP contribution in [0.1, 0.15) is 40.4 Å². The number of carbonyl (C=O) groups is 3. The maximum absolute atomic E-state index is 11.7. The molecule has 0 saturated heterocycles. The highest BCUT2D eigenvalue weighted by molar-refractivity contribution is 7.12. The number of nitrogens with one attached hydrogen (secondary N) is 1. The molecule has 0 aliphatic rings. The summed E-state index contributed by atoms with van der Waals surface area (Å²) in [6.45, 7) is 1.53. The van der Waals surface area contributed by atoms with Crippen molar-refractivity contribution >= 4 is 40.3 Å². The molecule has 2 aromatic heterocycles. The number of ether oxygens (including phenoxy) is 1. The molecule has 0 unspecified atom stereocenters. The Balaban J connectivity index is 1.65. The number of ketones is 1. The first kappa shape index (κ1) is 17.4. The Hall–Kier alpha value is -1.99. The average molecular weight is 351 g/mol. The van der Waals surface area contributed by atoms with Crippen LogP contribution >= 0.6 is 22.7 Å². The molecule has 1 atom stereocenters. The first-order chi connectivity index (χ1) is 11.1. The molecule has 0 fully saturated rings. The molecule has 5 nitrogen and oxygen atoms in total. The van der Waals surface area contributed by atoms with Gasteiger partial charge in [0.25, 0.3) is 5.91 Å². The lowest BCUT2D eigenvalue weighted by Crippen LogP contribution is -2.30. The van der Waals surface area contributed by atoms with Gasteiger partial charge in [0, 0.05) is 11.3 Å². The number of amides is 1. The van der Waals surface area contributed by atoms with Gasteiger partial charge in [0.05, 0.1) is 17.3 Å². The molecule has 2 rings (SSSR count). The lowest BCUT2D eigenvalue weighted by molar-refractivity contribution is -0.148. The molecule has 2 heterocycles. The summed E-state index contributed by atoms with van der Waals surface area (Å²) in [5, 5.41) is 6.50. The van der Waals surface area contributed by atoms with Crippen molar-refractivity contribution in [1.82, 2.24) is 5.32 Å². The maximum Gasteiger partial charge on any atom is 0.306 e.